The maximum Gasteiger partial charge on any atom is 0.253 e. The summed E-state index contributed by atoms with van der Waals surface area (Å²) in [7, 11) is 0. The molecule has 0 spiro atoms. The second kappa shape index (κ2) is 6.81. The van der Waals surface area contributed by atoms with Crippen molar-refractivity contribution in [2.24, 2.45) is 0 Å². The molecule has 1 aromatic heterocycles. The summed E-state index contributed by atoms with van der Waals surface area (Å²) in [6, 6.07) is 17.0. The van der Waals surface area contributed by atoms with Gasteiger partial charge in [0.15, 0.2) is 0 Å². The zero-order chi connectivity index (χ0) is 17.1. The number of para-hydroxylation sites is 1. The molecule has 1 heterocycles. The molecular weight excluding hydrogens is 300 g/mol. The van der Waals surface area contributed by atoms with Crippen molar-refractivity contribution in [1.29, 1.82) is 0 Å². The number of hydrogen-bond acceptors (Lipinski definition) is 3. The van der Waals surface area contributed by atoms with Crippen molar-refractivity contribution < 1.29 is 9.90 Å². The van der Waals surface area contributed by atoms with E-state index in [9.17, 15) is 9.90 Å². The number of rotatable bonds is 4. The number of pyridine rings is 1. The minimum absolute atomic E-state index is 0.159. The number of nitrogens with zero attached hydrogens (tertiary/aromatic N) is 1. The number of aryl methyl sites for hydroxylation is 2. The fourth-order valence-corrected chi connectivity index (χ4v) is 2.78. The zero-order valence-electron chi connectivity index (χ0n) is 13.8. The first-order valence-corrected chi connectivity index (χ1v) is 7.94. The smallest absolute Gasteiger partial charge is 0.253 e. The lowest BCUT2D eigenvalue weighted by Crippen LogP contribution is -2.29. The second-order valence-electron chi connectivity index (χ2n) is 5.91. The van der Waals surface area contributed by atoms with Crippen LogP contribution in [0.5, 0.6) is 0 Å². The molecule has 1 unspecified atom stereocenters. The Balaban J connectivity index is 1.78. The standard InChI is InChI=1S/C20H20N2O2/c1-13-6-3-4-8-16(13)18(23)12-21-20(24)17-9-5-7-15-11-10-14(2)22-19(15)17/h3-11,18,23H,12H2,1-2H3,(H,21,24). The highest BCUT2D eigenvalue weighted by Crippen LogP contribution is 2.19. The minimum Gasteiger partial charge on any atom is -0.387 e. The normalized spacial score (nSPS) is 12.1. The van der Waals surface area contributed by atoms with Crippen molar-refractivity contribution in [1.82, 2.24) is 10.3 Å². The number of hydrogen-bond donors (Lipinski definition) is 2. The molecule has 2 N–H and O–H groups in total. The third-order valence-electron chi connectivity index (χ3n) is 4.11. The molecule has 0 aliphatic rings. The Bertz CT molecular complexity index is 890. The lowest BCUT2D eigenvalue weighted by molar-refractivity contribution is 0.0917. The Labute approximate surface area is 141 Å². The van der Waals surface area contributed by atoms with Crippen LogP contribution in [0.4, 0.5) is 0 Å². The Morgan fingerprint density at radius 1 is 1.08 bits per heavy atom. The molecule has 2 aromatic carbocycles. The van der Waals surface area contributed by atoms with Crippen molar-refractivity contribution in [3.8, 4) is 0 Å². The van der Waals surface area contributed by atoms with Crippen LogP contribution in [-0.2, 0) is 0 Å². The number of aromatic nitrogens is 1. The van der Waals surface area contributed by atoms with Crippen LogP contribution in [0.3, 0.4) is 0 Å². The molecular formula is C20H20N2O2. The summed E-state index contributed by atoms with van der Waals surface area (Å²) in [6.07, 6.45) is -0.736. The maximum absolute atomic E-state index is 12.5. The largest absolute Gasteiger partial charge is 0.387 e. The van der Waals surface area contributed by atoms with Gasteiger partial charge in [-0.2, -0.15) is 0 Å². The van der Waals surface area contributed by atoms with E-state index in [-0.39, 0.29) is 12.5 Å². The Morgan fingerprint density at radius 3 is 2.67 bits per heavy atom. The average molecular weight is 320 g/mol. The van der Waals surface area contributed by atoms with Crippen LogP contribution in [0.2, 0.25) is 0 Å². The highest BCUT2D eigenvalue weighted by molar-refractivity contribution is 6.05. The van der Waals surface area contributed by atoms with E-state index in [0.29, 0.717) is 11.1 Å². The maximum atomic E-state index is 12.5. The number of benzene rings is 2. The quantitative estimate of drug-likeness (QED) is 0.775. The molecule has 4 nitrogen and oxygen atoms in total. The first-order chi connectivity index (χ1) is 11.6. The summed E-state index contributed by atoms with van der Waals surface area (Å²) in [5.41, 5.74) is 3.89. The molecule has 1 amide bonds. The van der Waals surface area contributed by atoms with Gasteiger partial charge in [0.05, 0.1) is 17.2 Å². The van der Waals surface area contributed by atoms with Crippen LogP contribution in [-0.4, -0.2) is 22.5 Å². The van der Waals surface area contributed by atoms with Crippen LogP contribution in [0.1, 0.15) is 33.3 Å². The number of fused-ring (bicyclic) bond motifs is 1. The van der Waals surface area contributed by atoms with Crippen molar-refractivity contribution in [2.45, 2.75) is 20.0 Å². The van der Waals surface area contributed by atoms with Gasteiger partial charge in [-0.1, -0.05) is 42.5 Å². The SMILES string of the molecule is Cc1ccc2cccc(C(=O)NCC(O)c3ccccc3C)c2n1. The Hall–Kier alpha value is -2.72. The van der Waals surface area contributed by atoms with E-state index < -0.39 is 6.10 Å². The van der Waals surface area contributed by atoms with Gasteiger partial charge in [0.25, 0.3) is 5.91 Å². The molecule has 4 heteroatoms. The number of aliphatic hydroxyl groups excluding tert-OH is 1. The molecule has 1 atom stereocenters. The molecule has 0 saturated carbocycles. The average Bonchev–Trinajstić information content (AvgIpc) is 2.59. The first kappa shape index (κ1) is 16.1. The summed E-state index contributed by atoms with van der Waals surface area (Å²) in [6.45, 7) is 4.00. The summed E-state index contributed by atoms with van der Waals surface area (Å²) >= 11 is 0. The van der Waals surface area contributed by atoms with Crippen molar-refractivity contribution >= 4 is 16.8 Å². The first-order valence-electron chi connectivity index (χ1n) is 7.94. The van der Waals surface area contributed by atoms with Gasteiger partial charge < -0.3 is 10.4 Å². The van der Waals surface area contributed by atoms with E-state index in [1.165, 1.54) is 0 Å². The van der Waals surface area contributed by atoms with E-state index in [2.05, 4.69) is 10.3 Å². The fourth-order valence-electron chi connectivity index (χ4n) is 2.78. The number of amides is 1. The van der Waals surface area contributed by atoms with Gasteiger partial charge in [0.1, 0.15) is 0 Å². The van der Waals surface area contributed by atoms with E-state index >= 15 is 0 Å². The van der Waals surface area contributed by atoms with Gasteiger partial charge in [0, 0.05) is 17.6 Å². The van der Waals surface area contributed by atoms with Gasteiger partial charge in [-0.3, -0.25) is 9.78 Å². The number of carbonyl (C=O) groups excluding carboxylic acids is 1. The van der Waals surface area contributed by atoms with Gasteiger partial charge in [0.2, 0.25) is 0 Å². The monoisotopic (exact) mass is 320 g/mol. The van der Waals surface area contributed by atoms with Gasteiger partial charge in [-0.25, -0.2) is 0 Å². The van der Waals surface area contributed by atoms with Crippen molar-refractivity contribution in [3.63, 3.8) is 0 Å². The van der Waals surface area contributed by atoms with Crippen LogP contribution < -0.4 is 5.32 Å². The fraction of sp³-hybridized carbons (Fsp3) is 0.200. The molecule has 3 rings (SSSR count). The predicted molar refractivity (Wildman–Crippen MR) is 95.0 cm³/mol. The summed E-state index contributed by atoms with van der Waals surface area (Å²) in [4.78, 5) is 17.0. The highest BCUT2D eigenvalue weighted by Gasteiger charge is 2.14. The van der Waals surface area contributed by atoms with E-state index in [4.69, 9.17) is 0 Å². The van der Waals surface area contributed by atoms with Crippen LogP contribution in [0, 0.1) is 13.8 Å². The Morgan fingerprint density at radius 2 is 1.88 bits per heavy atom. The number of nitrogens with one attached hydrogen (secondary N) is 1. The highest BCUT2D eigenvalue weighted by atomic mass is 16.3. The third-order valence-corrected chi connectivity index (χ3v) is 4.11. The van der Waals surface area contributed by atoms with Gasteiger partial charge in [-0.05, 0) is 37.1 Å². The summed E-state index contributed by atoms with van der Waals surface area (Å²) in [5, 5.41) is 14.1. The molecule has 3 aromatic rings. The van der Waals surface area contributed by atoms with Crippen LogP contribution >= 0.6 is 0 Å². The molecule has 0 saturated heterocycles. The molecule has 122 valence electrons. The lowest BCUT2D eigenvalue weighted by Gasteiger charge is -2.15. The molecule has 0 fully saturated rings. The molecule has 0 aliphatic carbocycles. The summed E-state index contributed by atoms with van der Waals surface area (Å²) < 4.78 is 0. The Kier molecular flexibility index (Phi) is 4.58. The predicted octanol–water partition coefficient (Wildman–Crippen LogP) is 3.32. The van der Waals surface area contributed by atoms with Gasteiger partial charge >= 0.3 is 0 Å². The zero-order valence-corrected chi connectivity index (χ0v) is 13.8. The topological polar surface area (TPSA) is 62.2 Å². The molecule has 24 heavy (non-hydrogen) atoms. The lowest BCUT2D eigenvalue weighted by atomic mass is 10.0. The summed E-state index contributed by atoms with van der Waals surface area (Å²) in [5.74, 6) is -0.230. The molecule has 0 radical (unpaired) electrons. The second-order valence-corrected chi connectivity index (χ2v) is 5.91. The van der Waals surface area contributed by atoms with Gasteiger partial charge in [-0.15, -0.1) is 0 Å². The van der Waals surface area contributed by atoms with E-state index in [1.807, 2.05) is 62.4 Å². The van der Waals surface area contributed by atoms with Crippen molar-refractivity contribution in [2.75, 3.05) is 6.54 Å². The number of aliphatic hydroxyl groups is 1. The van der Waals surface area contributed by atoms with Crippen LogP contribution in [0.15, 0.2) is 54.6 Å². The van der Waals surface area contributed by atoms with Crippen LogP contribution in [0.25, 0.3) is 10.9 Å². The molecule has 0 bridgehead atoms. The molecule has 0 aliphatic heterocycles. The third kappa shape index (κ3) is 3.29. The van der Waals surface area contributed by atoms with E-state index in [0.717, 1.165) is 22.2 Å². The minimum atomic E-state index is -0.736. The number of carbonyl (C=O) groups is 1. The van der Waals surface area contributed by atoms with Crippen molar-refractivity contribution in [3.05, 3.63) is 77.0 Å². The van der Waals surface area contributed by atoms with E-state index in [1.54, 1.807) is 6.07 Å².